The van der Waals surface area contributed by atoms with Gasteiger partial charge in [0.25, 0.3) is 0 Å². The maximum absolute atomic E-state index is 12.2. The molecule has 10 heteroatoms. The standard InChI is InChI=1S/C18H22N4O4S2/c1-3-9-22-17(14-6-4-5-7-15(14)26-2)20-21-18(22)27-11-16(23)19-13-8-10-28(24,25)12-13/h3-7,13H,1,8-12H2,2H3,(H,19,23). The lowest BCUT2D eigenvalue weighted by molar-refractivity contribution is -0.119. The van der Waals surface area contributed by atoms with Gasteiger partial charge in [0.05, 0.1) is 29.9 Å². The molecule has 1 aromatic heterocycles. The minimum Gasteiger partial charge on any atom is -0.496 e. The maximum atomic E-state index is 12.2. The van der Waals surface area contributed by atoms with Crippen molar-refractivity contribution in [3.63, 3.8) is 0 Å². The number of ether oxygens (including phenoxy) is 1. The molecule has 8 nitrogen and oxygen atoms in total. The molecule has 3 rings (SSSR count). The van der Waals surface area contributed by atoms with E-state index in [9.17, 15) is 13.2 Å². The van der Waals surface area contributed by atoms with Crippen LogP contribution in [0.4, 0.5) is 0 Å². The average Bonchev–Trinajstić information content (AvgIpc) is 3.22. The Kier molecular flexibility index (Phi) is 6.40. The van der Waals surface area contributed by atoms with Crippen molar-refractivity contribution in [3.8, 4) is 17.1 Å². The molecule has 28 heavy (non-hydrogen) atoms. The highest BCUT2D eigenvalue weighted by Crippen LogP contribution is 2.30. The Labute approximate surface area is 168 Å². The summed E-state index contributed by atoms with van der Waals surface area (Å²) in [5, 5.41) is 11.8. The van der Waals surface area contributed by atoms with Crippen molar-refractivity contribution in [2.24, 2.45) is 0 Å². The van der Waals surface area contributed by atoms with Crippen molar-refractivity contribution in [1.29, 1.82) is 0 Å². The Balaban J connectivity index is 1.71. The molecule has 150 valence electrons. The van der Waals surface area contributed by atoms with Crippen LogP contribution in [0.3, 0.4) is 0 Å². The summed E-state index contributed by atoms with van der Waals surface area (Å²) in [6.07, 6.45) is 2.19. The van der Waals surface area contributed by atoms with Crippen molar-refractivity contribution >= 4 is 27.5 Å². The third-order valence-corrected chi connectivity index (χ3v) is 7.04. The molecule has 1 unspecified atom stereocenters. The third-order valence-electron chi connectivity index (χ3n) is 4.31. The number of nitrogens with one attached hydrogen (secondary N) is 1. The van der Waals surface area contributed by atoms with Crippen LogP contribution < -0.4 is 10.1 Å². The summed E-state index contributed by atoms with van der Waals surface area (Å²) in [5.41, 5.74) is 0.798. The molecule has 0 aliphatic carbocycles. The lowest BCUT2D eigenvalue weighted by Crippen LogP contribution is -2.36. The van der Waals surface area contributed by atoms with E-state index < -0.39 is 9.84 Å². The highest BCUT2D eigenvalue weighted by Gasteiger charge is 2.29. The minimum atomic E-state index is -3.03. The topological polar surface area (TPSA) is 103 Å². The molecule has 2 aromatic rings. The summed E-state index contributed by atoms with van der Waals surface area (Å²) in [6.45, 7) is 4.26. The highest BCUT2D eigenvalue weighted by atomic mass is 32.2. The molecule has 1 aliphatic rings. The van der Waals surface area contributed by atoms with Crippen molar-refractivity contribution in [3.05, 3.63) is 36.9 Å². The zero-order chi connectivity index (χ0) is 20.1. The molecular formula is C18H22N4O4S2. The van der Waals surface area contributed by atoms with Gasteiger partial charge in [0, 0.05) is 12.6 Å². The zero-order valence-electron chi connectivity index (χ0n) is 15.5. The molecule has 1 N–H and O–H groups in total. The molecule has 1 aliphatic heterocycles. The molecule has 0 bridgehead atoms. The summed E-state index contributed by atoms with van der Waals surface area (Å²) in [6, 6.07) is 7.19. The van der Waals surface area contributed by atoms with Gasteiger partial charge in [-0.15, -0.1) is 16.8 Å². The summed E-state index contributed by atoms with van der Waals surface area (Å²) in [7, 11) is -1.43. The van der Waals surface area contributed by atoms with E-state index in [1.54, 1.807) is 13.2 Å². The van der Waals surface area contributed by atoms with E-state index in [0.29, 0.717) is 29.7 Å². The predicted molar refractivity (Wildman–Crippen MR) is 108 cm³/mol. The van der Waals surface area contributed by atoms with Gasteiger partial charge in [0.1, 0.15) is 5.75 Å². The van der Waals surface area contributed by atoms with E-state index in [4.69, 9.17) is 4.74 Å². The van der Waals surface area contributed by atoms with Gasteiger partial charge >= 0.3 is 0 Å². The van der Waals surface area contributed by atoms with E-state index >= 15 is 0 Å². The van der Waals surface area contributed by atoms with Gasteiger partial charge in [0.2, 0.25) is 5.91 Å². The second kappa shape index (κ2) is 8.78. The Morgan fingerprint density at radius 3 is 2.89 bits per heavy atom. The number of allylic oxidation sites excluding steroid dienone is 1. The number of thioether (sulfide) groups is 1. The number of hydrogen-bond donors (Lipinski definition) is 1. The summed E-state index contributed by atoms with van der Waals surface area (Å²) in [5.74, 6) is 1.34. The van der Waals surface area contributed by atoms with Gasteiger partial charge in [0.15, 0.2) is 20.8 Å². The normalized spacial score (nSPS) is 18.0. The van der Waals surface area contributed by atoms with Crippen molar-refractivity contribution < 1.29 is 17.9 Å². The number of hydrogen-bond acceptors (Lipinski definition) is 7. The Bertz CT molecular complexity index is 972. The zero-order valence-corrected chi connectivity index (χ0v) is 17.1. The minimum absolute atomic E-state index is 0.00794. The monoisotopic (exact) mass is 422 g/mol. The molecule has 2 heterocycles. The van der Waals surface area contributed by atoms with Gasteiger partial charge < -0.3 is 10.1 Å². The summed E-state index contributed by atoms with van der Waals surface area (Å²) < 4.78 is 30.3. The average molecular weight is 423 g/mol. The van der Waals surface area contributed by atoms with E-state index in [1.807, 2.05) is 28.8 Å². The van der Waals surface area contributed by atoms with E-state index in [2.05, 4.69) is 22.1 Å². The van der Waals surface area contributed by atoms with Gasteiger partial charge in [-0.2, -0.15) is 0 Å². The van der Waals surface area contributed by atoms with Gasteiger partial charge in [-0.3, -0.25) is 9.36 Å². The molecule has 1 amide bonds. The molecular weight excluding hydrogens is 400 g/mol. The first-order valence-electron chi connectivity index (χ1n) is 8.73. The number of methoxy groups -OCH3 is 1. The number of nitrogens with zero attached hydrogens (tertiary/aromatic N) is 3. The van der Waals surface area contributed by atoms with Crippen LogP contribution in [0, 0.1) is 0 Å². The largest absolute Gasteiger partial charge is 0.496 e. The lowest BCUT2D eigenvalue weighted by Gasteiger charge is -2.12. The first-order chi connectivity index (χ1) is 13.4. The number of carbonyl (C=O) groups excluding carboxylic acids is 1. The first-order valence-corrected chi connectivity index (χ1v) is 11.5. The van der Waals surface area contributed by atoms with Gasteiger partial charge in [-0.25, -0.2) is 8.42 Å². The van der Waals surface area contributed by atoms with Crippen molar-refractivity contribution in [2.75, 3.05) is 24.4 Å². The van der Waals surface area contributed by atoms with Crippen LogP contribution in [-0.2, 0) is 21.2 Å². The molecule has 1 fully saturated rings. The number of aromatic nitrogens is 3. The van der Waals surface area contributed by atoms with Crippen LogP contribution in [0.5, 0.6) is 5.75 Å². The predicted octanol–water partition coefficient (Wildman–Crippen LogP) is 1.54. The van der Waals surface area contributed by atoms with Crippen LogP contribution in [-0.4, -0.2) is 59.5 Å². The Hall–Kier alpha value is -2.33. The number of amides is 1. The van der Waals surface area contributed by atoms with E-state index in [-0.39, 0.29) is 29.2 Å². The van der Waals surface area contributed by atoms with Gasteiger partial charge in [-0.1, -0.05) is 30.0 Å². The van der Waals surface area contributed by atoms with Crippen molar-refractivity contribution in [2.45, 2.75) is 24.2 Å². The van der Waals surface area contributed by atoms with Crippen LogP contribution in [0.15, 0.2) is 42.1 Å². The van der Waals surface area contributed by atoms with E-state index in [1.165, 1.54) is 11.8 Å². The fraction of sp³-hybridized carbons (Fsp3) is 0.389. The molecule has 0 spiro atoms. The number of carbonyl (C=O) groups is 1. The quantitative estimate of drug-likeness (QED) is 0.508. The molecule has 0 saturated carbocycles. The third kappa shape index (κ3) is 4.74. The number of sulfone groups is 1. The second-order valence-electron chi connectivity index (χ2n) is 6.36. The number of benzene rings is 1. The summed E-state index contributed by atoms with van der Waals surface area (Å²) in [4.78, 5) is 12.2. The van der Waals surface area contributed by atoms with E-state index in [0.717, 1.165) is 5.56 Å². The lowest BCUT2D eigenvalue weighted by atomic mass is 10.2. The fourth-order valence-electron chi connectivity index (χ4n) is 3.03. The number of para-hydroxylation sites is 1. The fourth-order valence-corrected chi connectivity index (χ4v) is 5.46. The molecule has 0 radical (unpaired) electrons. The summed E-state index contributed by atoms with van der Waals surface area (Å²) >= 11 is 1.25. The smallest absolute Gasteiger partial charge is 0.230 e. The van der Waals surface area contributed by atoms with Crippen LogP contribution in [0.25, 0.3) is 11.4 Å². The first kappa shape index (κ1) is 20.4. The Morgan fingerprint density at radius 1 is 1.43 bits per heavy atom. The number of rotatable bonds is 8. The SMILES string of the molecule is C=CCn1c(SCC(=O)NC2CCS(=O)(=O)C2)nnc1-c1ccccc1OC. The van der Waals surface area contributed by atoms with Crippen molar-refractivity contribution in [1.82, 2.24) is 20.1 Å². The van der Waals surface area contributed by atoms with Crippen LogP contribution in [0.2, 0.25) is 0 Å². The molecule has 1 aromatic carbocycles. The van der Waals surface area contributed by atoms with Crippen LogP contribution in [0.1, 0.15) is 6.42 Å². The molecule has 1 saturated heterocycles. The highest BCUT2D eigenvalue weighted by molar-refractivity contribution is 7.99. The second-order valence-corrected chi connectivity index (χ2v) is 9.53. The van der Waals surface area contributed by atoms with Gasteiger partial charge in [-0.05, 0) is 18.6 Å². The van der Waals surface area contributed by atoms with Crippen LogP contribution >= 0.6 is 11.8 Å². The Morgan fingerprint density at radius 2 is 2.21 bits per heavy atom. The molecule has 1 atom stereocenters. The maximum Gasteiger partial charge on any atom is 0.230 e.